The van der Waals surface area contributed by atoms with Crippen molar-refractivity contribution in [1.29, 1.82) is 0 Å². The van der Waals surface area contributed by atoms with E-state index >= 15 is 0 Å². The lowest BCUT2D eigenvalue weighted by Gasteiger charge is -2.18. The summed E-state index contributed by atoms with van der Waals surface area (Å²) >= 11 is 0. The zero-order valence-electron chi connectivity index (χ0n) is 11.2. The number of aromatic nitrogens is 2. The van der Waals surface area contributed by atoms with Crippen molar-refractivity contribution in [3.8, 4) is 16.9 Å². The van der Waals surface area contributed by atoms with Crippen LogP contribution in [-0.2, 0) is 0 Å². The molecule has 4 nitrogen and oxygen atoms in total. The molecule has 0 bridgehead atoms. The van der Waals surface area contributed by atoms with Crippen molar-refractivity contribution in [3.05, 3.63) is 29.5 Å². The van der Waals surface area contributed by atoms with Gasteiger partial charge in [-0.1, -0.05) is 26.0 Å². The summed E-state index contributed by atoms with van der Waals surface area (Å²) in [6.45, 7) is 6.35. The number of nitrogens with zero attached hydrogens (tertiary/aromatic N) is 1. The molecule has 0 saturated heterocycles. The maximum atomic E-state index is 5.91. The summed E-state index contributed by atoms with van der Waals surface area (Å²) in [5.41, 5.74) is 10.2. The Morgan fingerprint density at radius 2 is 2.00 bits per heavy atom. The molecular weight excluding hydrogens is 226 g/mol. The Hall–Kier alpha value is -1.97. The third-order valence-corrected chi connectivity index (χ3v) is 3.13. The topological polar surface area (TPSA) is 63.9 Å². The second-order valence-corrected chi connectivity index (χ2v) is 4.73. The van der Waals surface area contributed by atoms with Crippen molar-refractivity contribution in [3.63, 3.8) is 0 Å². The fraction of sp³-hybridized carbons (Fsp3) is 0.357. The van der Waals surface area contributed by atoms with E-state index in [4.69, 9.17) is 10.5 Å². The first-order valence-corrected chi connectivity index (χ1v) is 6.03. The quantitative estimate of drug-likeness (QED) is 0.873. The Balaban J connectivity index is 2.72. The van der Waals surface area contributed by atoms with E-state index in [0.29, 0.717) is 11.7 Å². The second-order valence-electron chi connectivity index (χ2n) is 4.73. The lowest BCUT2D eigenvalue weighted by molar-refractivity contribution is 0.405. The number of methoxy groups -OCH3 is 1. The molecular formula is C14H19N3O. The summed E-state index contributed by atoms with van der Waals surface area (Å²) in [4.78, 5) is 0. The van der Waals surface area contributed by atoms with E-state index in [1.807, 2.05) is 13.0 Å². The molecule has 1 aromatic carbocycles. The van der Waals surface area contributed by atoms with E-state index in [1.165, 1.54) is 5.56 Å². The maximum absolute atomic E-state index is 5.91. The normalized spacial score (nSPS) is 10.9. The van der Waals surface area contributed by atoms with Crippen molar-refractivity contribution in [2.75, 3.05) is 12.8 Å². The number of aryl methyl sites for hydroxylation is 1. The highest BCUT2D eigenvalue weighted by atomic mass is 16.5. The van der Waals surface area contributed by atoms with Crippen LogP contribution in [0.1, 0.15) is 30.9 Å². The van der Waals surface area contributed by atoms with E-state index in [2.05, 4.69) is 30.1 Å². The van der Waals surface area contributed by atoms with Crippen molar-refractivity contribution < 1.29 is 4.74 Å². The summed E-state index contributed by atoms with van der Waals surface area (Å²) in [5.74, 6) is 1.87. The van der Waals surface area contributed by atoms with Gasteiger partial charge in [-0.3, -0.25) is 5.10 Å². The van der Waals surface area contributed by atoms with E-state index in [-0.39, 0.29) is 0 Å². The molecule has 96 valence electrons. The lowest BCUT2D eigenvalue weighted by atomic mass is 9.91. The van der Waals surface area contributed by atoms with Gasteiger partial charge in [-0.2, -0.15) is 5.10 Å². The number of benzene rings is 1. The molecule has 0 aliphatic rings. The van der Waals surface area contributed by atoms with Crippen LogP contribution in [0, 0.1) is 6.92 Å². The van der Waals surface area contributed by atoms with Crippen molar-refractivity contribution in [1.82, 2.24) is 10.2 Å². The second kappa shape index (κ2) is 4.72. The van der Waals surface area contributed by atoms with Gasteiger partial charge < -0.3 is 10.5 Å². The molecule has 2 rings (SSSR count). The highest BCUT2D eigenvalue weighted by Crippen LogP contribution is 2.39. The molecule has 0 radical (unpaired) electrons. The molecule has 0 saturated carbocycles. The number of ether oxygens (including phenoxy) is 1. The van der Waals surface area contributed by atoms with Gasteiger partial charge in [0.05, 0.1) is 13.3 Å². The fourth-order valence-electron chi connectivity index (χ4n) is 2.30. The molecule has 0 aliphatic heterocycles. The molecule has 3 N–H and O–H groups in total. The molecule has 0 unspecified atom stereocenters. The number of nitrogen functional groups attached to an aromatic ring is 1. The van der Waals surface area contributed by atoms with Gasteiger partial charge in [-0.05, 0) is 24.0 Å². The summed E-state index contributed by atoms with van der Waals surface area (Å²) in [6.07, 6.45) is 1.76. The van der Waals surface area contributed by atoms with Crippen LogP contribution in [0.3, 0.4) is 0 Å². The molecule has 18 heavy (non-hydrogen) atoms. The van der Waals surface area contributed by atoms with Crippen LogP contribution in [0.4, 0.5) is 5.82 Å². The fourth-order valence-corrected chi connectivity index (χ4v) is 2.30. The Morgan fingerprint density at radius 1 is 1.28 bits per heavy atom. The van der Waals surface area contributed by atoms with E-state index < -0.39 is 0 Å². The maximum Gasteiger partial charge on any atom is 0.126 e. The smallest absolute Gasteiger partial charge is 0.126 e. The number of H-pyrrole nitrogens is 1. The number of hydrogen-bond donors (Lipinski definition) is 2. The van der Waals surface area contributed by atoms with Gasteiger partial charge in [0.1, 0.15) is 11.6 Å². The van der Waals surface area contributed by atoms with Crippen LogP contribution >= 0.6 is 0 Å². The first kappa shape index (κ1) is 12.5. The molecule has 0 aliphatic carbocycles. The van der Waals surface area contributed by atoms with Crippen molar-refractivity contribution >= 4 is 5.82 Å². The standard InChI is InChI=1S/C14H19N3O/c1-8(2)12-10(11-7-16-17-14(11)15)6-5-9(3)13(12)18-4/h5-8H,1-4H3,(H3,15,16,17). The zero-order chi connectivity index (χ0) is 13.3. The van der Waals surface area contributed by atoms with E-state index in [9.17, 15) is 0 Å². The Morgan fingerprint density at radius 3 is 2.50 bits per heavy atom. The molecule has 0 atom stereocenters. The summed E-state index contributed by atoms with van der Waals surface area (Å²) in [6, 6.07) is 4.13. The van der Waals surface area contributed by atoms with Gasteiger partial charge >= 0.3 is 0 Å². The van der Waals surface area contributed by atoms with Crippen LogP contribution in [-0.4, -0.2) is 17.3 Å². The molecule has 0 fully saturated rings. The third kappa shape index (κ3) is 1.94. The van der Waals surface area contributed by atoms with Gasteiger partial charge in [0.15, 0.2) is 0 Å². The van der Waals surface area contributed by atoms with Crippen LogP contribution in [0.2, 0.25) is 0 Å². The molecule has 2 aromatic rings. The summed E-state index contributed by atoms with van der Waals surface area (Å²) in [5, 5.41) is 6.76. The molecule has 0 amide bonds. The molecule has 0 spiro atoms. The number of anilines is 1. The average Bonchev–Trinajstić information content (AvgIpc) is 2.74. The lowest BCUT2D eigenvalue weighted by Crippen LogP contribution is -2.00. The minimum absolute atomic E-state index is 0.351. The van der Waals surface area contributed by atoms with E-state index in [0.717, 1.165) is 22.4 Å². The Kier molecular flexibility index (Phi) is 3.28. The monoisotopic (exact) mass is 245 g/mol. The van der Waals surface area contributed by atoms with Crippen LogP contribution in [0.15, 0.2) is 18.3 Å². The first-order chi connectivity index (χ1) is 8.56. The predicted octanol–water partition coefficient (Wildman–Crippen LogP) is 3.10. The third-order valence-electron chi connectivity index (χ3n) is 3.13. The summed E-state index contributed by atoms with van der Waals surface area (Å²) in [7, 11) is 1.71. The largest absolute Gasteiger partial charge is 0.496 e. The van der Waals surface area contributed by atoms with Gasteiger partial charge in [0, 0.05) is 11.1 Å². The van der Waals surface area contributed by atoms with Crippen molar-refractivity contribution in [2.24, 2.45) is 0 Å². The van der Waals surface area contributed by atoms with Gasteiger partial charge in [0.2, 0.25) is 0 Å². The number of nitrogens with one attached hydrogen (secondary N) is 1. The Labute approximate surface area is 107 Å². The van der Waals surface area contributed by atoms with Gasteiger partial charge in [0.25, 0.3) is 0 Å². The highest BCUT2D eigenvalue weighted by molar-refractivity contribution is 5.78. The average molecular weight is 245 g/mol. The zero-order valence-corrected chi connectivity index (χ0v) is 11.2. The summed E-state index contributed by atoms with van der Waals surface area (Å²) < 4.78 is 5.54. The Bertz CT molecular complexity index is 558. The molecule has 4 heteroatoms. The minimum atomic E-state index is 0.351. The number of nitrogens with two attached hydrogens (primary N) is 1. The van der Waals surface area contributed by atoms with Gasteiger partial charge in [-0.15, -0.1) is 0 Å². The predicted molar refractivity (Wildman–Crippen MR) is 73.8 cm³/mol. The minimum Gasteiger partial charge on any atom is -0.496 e. The number of hydrogen-bond acceptors (Lipinski definition) is 3. The number of aromatic amines is 1. The van der Waals surface area contributed by atoms with Crippen LogP contribution < -0.4 is 10.5 Å². The van der Waals surface area contributed by atoms with Crippen LogP contribution in [0.5, 0.6) is 5.75 Å². The van der Waals surface area contributed by atoms with E-state index in [1.54, 1.807) is 13.3 Å². The molecule has 1 heterocycles. The highest BCUT2D eigenvalue weighted by Gasteiger charge is 2.18. The van der Waals surface area contributed by atoms with Crippen molar-refractivity contribution in [2.45, 2.75) is 26.7 Å². The first-order valence-electron chi connectivity index (χ1n) is 6.03. The molecule has 1 aromatic heterocycles. The van der Waals surface area contributed by atoms with Gasteiger partial charge in [-0.25, -0.2) is 0 Å². The van der Waals surface area contributed by atoms with Crippen LogP contribution in [0.25, 0.3) is 11.1 Å². The SMILES string of the molecule is COc1c(C)ccc(-c2cn[nH]c2N)c1C(C)C. The number of rotatable bonds is 3.